The van der Waals surface area contributed by atoms with Crippen molar-refractivity contribution in [3.05, 3.63) is 65.2 Å². The molecule has 4 rings (SSSR count). The molecule has 0 atom stereocenters. The Morgan fingerprint density at radius 3 is 2.54 bits per heavy atom. The lowest BCUT2D eigenvalue weighted by Crippen LogP contribution is -1.86. The minimum Gasteiger partial charge on any atom is -0.455 e. The Morgan fingerprint density at radius 1 is 1.11 bits per heavy atom. The van der Waals surface area contributed by atoms with E-state index in [9.17, 15) is 0 Å². The molecule has 0 radical (unpaired) electrons. The van der Waals surface area contributed by atoms with E-state index in [1.54, 1.807) is 0 Å². The number of pyridine rings is 1. The molecular weight excluding hydrogens is 378 g/mol. The number of nitrogens with one attached hydrogen (secondary N) is 1. The van der Waals surface area contributed by atoms with Gasteiger partial charge in [-0.05, 0) is 43.7 Å². The molecule has 3 heterocycles. The van der Waals surface area contributed by atoms with Gasteiger partial charge >= 0.3 is 0 Å². The summed E-state index contributed by atoms with van der Waals surface area (Å²) in [5.74, 6) is 2.03. The predicted molar refractivity (Wildman–Crippen MR) is 107 cm³/mol. The summed E-state index contributed by atoms with van der Waals surface area (Å²) in [6.07, 6.45) is 3.57. The molecule has 0 spiro atoms. The van der Waals surface area contributed by atoms with E-state index in [4.69, 9.17) is 20.8 Å². The van der Waals surface area contributed by atoms with E-state index >= 15 is 0 Å². The summed E-state index contributed by atoms with van der Waals surface area (Å²) in [6.45, 7) is 3.96. The molecule has 0 aliphatic rings. The van der Waals surface area contributed by atoms with Crippen LogP contribution in [-0.4, -0.2) is 26.6 Å². The summed E-state index contributed by atoms with van der Waals surface area (Å²) in [6, 6.07) is 11.5. The highest BCUT2D eigenvalue weighted by molar-refractivity contribution is 6.33. The van der Waals surface area contributed by atoms with Crippen molar-refractivity contribution in [2.24, 2.45) is 5.73 Å². The van der Waals surface area contributed by atoms with Crippen LogP contribution in [0.3, 0.4) is 0 Å². The third-order valence-corrected chi connectivity index (χ3v) is 4.36. The number of aromatic nitrogens is 4. The molecule has 8 heteroatoms. The van der Waals surface area contributed by atoms with Crippen molar-refractivity contribution in [3.8, 4) is 34.0 Å². The first-order valence-corrected chi connectivity index (χ1v) is 8.76. The molecule has 0 unspecified atom stereocenters. The van der Waals surface area contributed by atoms with Crippen LogP contribution in [0.15, 0.2) is 53.3 Å². The number of rotatable bonds is 3. The van der Waals surface area contributed by atoms with Crippen LogP contribution in [0.2, 0.25) is 5.02 Å². The van der Waals surface area contributed by atoms with Crippen LogP contribution in [0.4, 0.5) is 0 Å². The fourth-order valence-electron chi connectivity index (χ4n) is 2.77. The van der Waals surface area contributed by atoms with Crippen molar-refractivity contribution < 1.29 is 9.21 Å². The molecule has 0 aliphatic heterocycles. The van der Waals surface area contributed by atoms with Gasteiger partial charge in [0, 0.05) is 23.0 Å². The van der Waals surface area contributed by atoms with E-state index < -0.39 is 0 Å². The van der Waals surface area contributed by atoms with Crippen molar-refractivity contribution >= 4 is 18.0 Å². The van der Waals surface area contributed by atoms with Gasteiger partial charge in [0.05, 0.1) is 10.6 Å². The molecule has 0 saturated carbocycles. The minimum atomic E-state index is 0.250. The second kappa shape index (κ2) is 8.49. The summed E-state index contributed by atoms with van der Waals surface area (Å²) in [4.78, 5) is 17.2. The number of carbonyl (C=O) groups excluding carboxylic acids is 1. The Hall–Kier alpha value is -3.45. The molecule has 28 heavy (non-hydrogen) atoms. The van der Waals surface area contributed by atoms with Crippen LogP contribution in [0, 0.1) is 13.8 Å². The van der Waals surface area contributed by atoms with Gasteiger partial charge in [-0.2, -0.15) is 5.10 Å². The second-order valence-electron chi connectivity index (χ2n) is 5.94. The van der Waals surface area contributed by atoms with E-state index in [2.05, 4.69) is 25.9 Å². The van der Waals surface area contributed by atoms with Gasteiger partial charge in [0.1, 0.15) is 17.8 Å². The summed E-state index contributed by atoms with van der Waals surface area (Å²) >= 11 is 6.39. The maximum absolute atomic E-state index is 8.58. The quantitative estimate of drug-likeness (QED) is 0.506. The molecule has 1 aromatic carbocycles. The highest BCUT2D eigenvalue weighted by Gasteiger charge is 2.20. The standard InChI is InChI=1S/C19H15ClN4O.CH3NO/c1-11-9-21-12(2)7-14(11)17-8-15(19-22-10-23-24-19)18(25-17)13-5-3-4-6-16(13)20;2-1-3/h3-10H,1-2H3,(H,22,23,24);1H,(H2,2,3). The van der Waals surface area contributed by atoms with E-state index in [1.807, 2.05) is 56.4 Å². The number of H-pyrrole nitrogens is 1. The SMILES string of the molecule is Cc1cc(-c2cc(-c3ncn[nH]3)c(-c3ccccc3Cl)o2)c(C)cn1.NC=O. The topological polar surface area (TPSA) is 111 Å². The molecular formula is C20H18ClN5O2. The van der Waals surface area contributed by atoms with E-state index in [1.165, 1.54) is 6.33 Å². The van der Waals surface area contributed by atoms with Crippen molar-refractivity contribution in [2.75, 3.05) is 0 Å². The zero-order chi connectivity index (χ0) is 20.1. The van der Waals surface area contributed by atoms with E-state index in [0.717, 1.165) is 33.7 Å². The van der Waals surface area contributed by atoms with Gasteiger partial charge in [-0.3, -0.25) is 14.9 Å². The number of nitrogens with zero attached hydrogens (tertiary/aromatic N) is 3. The molecule has 3 aromatic heterocycles. The fourth-order valence-corrected chi connectivity index (χ4v) is 3.00. The summed E-state index contributed by atoms with van der Waals surface area (Å²) in [7, 11) is 0. The predicted octanol–water partition coefficient (Wildman–Crippen LogP) is 4.17. The van der Waals surface area contributed by atoms with Crippen molar-refractivity contribution in [1.82, 2.24) is 20.2 Å². The molecule has 142 valence electrons. The van der Waals surface area contributed by atoms with E-state index in [0.29, 0.717) is 16.6 Å². The number of hydrogen-bond donors (Lipinski definition) is 2. The van der Waals surface area contributed by atoms with Gasteiger partial charge < -0.3 is 10.2 Å². The molecule has 3 N–H and O–H groups in total. The van der Waals surface area contributed by atoms with Crippen LogP contribution in [0.5, 0.6) is 0 Å². The number of hydrogen-bond acceptors (Lipinski definition) is 5. The fraction of sp³-hybridized carbons (Fsp3) is 0.100. The van der Waals surface area contributed by atoms with Gasteiger partial charge in [-0.25, -0.2) is 4.98 Å². The first-order valence-electron chi connectivity index (χ1n) is 8.38. The maximum atomic E-state index is 8.58. The second-order valence-corrected chi connectivity index (χ2v) is 6.35. The monoisotopic (exact) mass is 395 g/mol. The van der Waals surface area contributed by atoms with Crippen molar-refractivity contribution in [3.63, 3.8) is 0 Å². The Labute approximate surface area is 166 Å². The lowest BCUT2D eigenvalue weighted by molar-refractivity contribution is -0.106. The zero-order valence-corrected chi connectivity index (χ0v) is 16.1. The van der Waals surface area contributed by atoms with Crippen LogP contribution in [0.25, 0.3) is 34.0 Å². The zero-order valence-electron chi connectivity index (χ0n) is 15.3. The van der Waals surface area contributed by atoms with Gasteiger partial charge in [0.15, 0.2) is 5.82 Å². The summed E-state index contributed by atoms with van der Waals surface area (Å²) < 4.78 is 6.23. The highest BCUT2D eigenvalue weighted by atomic mass is 35.5. The molecule has 7 nitrogen and oxygen atoms in total. The molecule has 0 fully saturated rings. The maximum Gasteiger partial charge on any atom is 0.204 e. The Morgan fingerprint density at radius 2 is 1.86 bits per heavy atom. The summed E-state index contributed by atoms with van der Waals surface area (Å²) in [5, 5.41) is 7.46. The van der Waals surface area contributed by atoms with Crippen LogP contribution in [0.1, 0.15) is 11.3 Å². The average molecular weight is 396 g/mol. The third-order valence-electron chi connectivity index (χ3n) is 4.03. The molecule has 0 aliphatic carbocycles. The molecule has 0 bridgehead atoms. The lowest BCUT2D eigenvalue weighted by Gasteiger charge is -2.04. The smallest absolute Gasteiger partial charge is 0.204 e. The first-order chi connectivity index (χ1) is 13.5. The van der Waals surface area contributed by atoms with Gasteiger partial charge in [0.25, 0.3) is 0 Å². The molecule has 4 aromatic rings. The average Bonchev–Trinajstić information content (AvgIpc) is 3.34. The minimum absolute atomic E-state index is 0.250. The number of furan rings is 1. The van der Waals surface area contributed by atoms with Crippen molar-refractivity contribution in [2.45, 2.75) is 13.8 Å². The Bertz CT molecular complexity index is 1090. The van der Waals surface area contributed by atoms with Gasteiger partial charge in [0.2, 0.25) is 6.41 Å². The summed E-state index contributed by atoms with van der Waals surface area (Å²) in [5.41, 5.74) is 8.75. The van der Waals surface area contributed by atoms with Gasteiger partial charge in [-0.1, -0.05) is 23.7 Å². The van der Waals surface area contributed by atoms with Gasteiger partial charge in [-0.15, -0.1) is 0 Å². The Kier molecular flexibility index (Phi) is 5.86. The number of halogens is 1. The molecule has 1 amide bonds. The number of amides is 1. The number of aryl methyl sites for hydroxylation is 2. The highest BCUT2D eigenvalue weighted by Crippen LogP contribution is 2.40. The molecule has 0 saturated heterocycles. The van der Waals surface area contributed by atoms with Crippen molar-refractivity contribution in [1.29, 1.82) is 0 Å². The first kappa shape index (κ1) is 19.3. The normalized spacial score (nSPS) is 10.2. The van der Waals surface area contributed by atoms with Crippen LogP contribution in [-0.2, 0) is 4.79 Å². The lowest BCUT2D eigenvalue weighted by atomic mass is 10.1. The Balaban J connectivity index is 0.000000706. The van der Waals surface area contributed by atoms with Crippen LogP contribution >= 0.6 is 11.6 Å². The van der Waals surface area contributed by atoms with E-state index in [-0.39, 0.29) is 6.41 Å². The number of carbonyl (C=O) groups is 1. The largest absolute Gasteiger partial charge is 0.455 e. The number of benzene rings is 1. The number of nitrogens with two attached hydrogens (primary N) is 1. The third kappa shape index (κ3) is 3.94. The number of aromatic amines is 1. The van der Waals surface area contributed by atoms with Crippen LogP contribution < -0.4 is 5.73 Å². The number of primary amides is 1.